The molecular formula is C19H17NO5S. The van der Waals surface area contributed by atoms with Crippen LogP contribution in [0.15, 0.2) is 64.2 Å². The van der Waals surface area contributed by atoms with Gasteiger partial charge in [0, 0.05) is 0 Å². The summed E-state index contributed by atoms with van der Waals surface area (Å²) in [6.45, 7) is 0. The van der Waals surface area contributed by atoms with Gasteiger partial charge in [-0.1, -0.05) is 42.5 Å². The van der Waals surface area contributed by atoms with E-state index in [2.05, 4.69) is 4.98 Å². The minimum absolute atomic E-state index is 0.219. The van der Waals surface area contributed by atoms with Crippen molar-refractivity contribution in [1.82, 2.24) is 4.98 Å². The van der Waals surface area contributed by atoms with Crippen molar-refractivity contribution in [2.24, 2.45) is 0 Å². The van der Waals surface area contributed by atoms with Gasteiger partial charge in [-0.15, -0.1) is 0 Å². The Balaban J connectivity index is 2.11. The molecule has 7 heteroatoms. The number of rotatable bonds is 6. The van der Waals surface area contributed by atoms with Crippen LogP contribution in [-0.4, -0.2) is 31.1 Å². The predicted octanol–water partition coefficient (Wildman–Crippen LogP) is 3.55. The first-order chi connectivity index (χ1) is 12.6. The Labute approximate surface area is 154 Å². The van der Waals surface area contributed by atoms with Crippen molar-refractivity contribution in [2.45, 2.75) is 16.4 Å². The number of carbonyl (C=O) groups excluding carboxylic acids is 2. The van der Waals surface area contributed by atoms with Gasteiger partial charge in [0.25, 0.3) is 5.22 Å². The van der Waals surface area contributed by atoms with Crippen LogP contribution in [0.3, 0.4) is 0 Å². The van der Waals surface area contributed by atoms with E-state index in [1.165, 1.54) is 14.2 Å². The van der Waals surface area contributed by atoms with Crippen LogP contribution >= 0.6 is 11.8 Å². The van der Waals surface area contributed by atoms with Crippen molar-refractivity contribution >= 4 is 34.8 Å². The van der Waals surface area contributed by atoms with Crippen LogP contribution in [0.1, 0.15) is 12.0 Å². The molecule has 0 saturated carbocycles. The molecule has 1 atom stereocenters. The smallest absolute Gasteiger partial charge is 0.327 e. The number of esters is 2. The van der Waals surface area contributed by atoms with Gasteiger partial charge in [0.2, 0.25) is 0 Å². The molecule has 26 heavy (non-hydrogen) atoms. The molecule has 0 amide bonds. The Bertz CT molecular complexity index is 891. The van der Waals surface area contributed by atoms with Gasteiger partial charge in [0.15, 0.2) is 10.3 Å². The Hall–Kier alpha value is -2.80. The maximum Gasteiger partial charge on any atom is 0.327 e. The van der Waals surface area contributed by atoms with E-state index in [1.54, 1.807) is 30.3 Å². The summed E-state index contributed by atoms with van der Waals surface area (Å²) in [5.74, 6) is -1.12. The van der Waals surface area contributed by atoms with Crippen molar-refractivity contribution < 1.29 is 23.5 Å². The van der Waals surface area contributed by atoms with Gasteiger partial charge in [0.05, 0.1) is 20.6 Å². The van der Waals surface area contributed by atoms with Gasteiger partial charge < -0.3 is 13.9 Å². The molecule has 0 aliphatic carbocycles. The second kappa shape index (κ2) is 7.61. The van der Waals surface area contributed by atoms with Crippen LogP contribution < -0.4 is 0 Å². The summed E-state index contributed by atoms with van der Waals surface area (Å²) in [6.07, 6.45) is -0.219. The van der Waals surface area contributed by atoms with Crippen molar-refractivity contribution in [3.8, 4) is 0 Å². The minimum atomic E-state index is -1.37. The number of thioether (sulfide) groups is 1. The molecule has 0 radical (unpaired) electrons. The van der Waals surface area contributed by atoms with Gasteiger partial charge in [-0.2, -0.15) is 0 Å². The number of fused-ring (bicyclic) bond motifs is 1. The quantitative estimate of drug-likeness (QED) is 0.484. The first kappa shape index (κ1) is 18.0. The number of benzene rings is 2. The lowest BCUT2D eigenvalue weighted by molar-refractivity contribution is -0.150. The largest absolute Gasteiger partial charge is 0.469 e. The van der Waals surface area contributed by atoms with Crippen LogP contribution in [0.5, 0.6) is 0 Å². The SMILES string of the molecule is COC(=O)CC(Sc1nc2ccccc2o1)(C(=O)OC)c1ccccc1. The lowest BCUT2D eigenvalue weighted by Gasteiger charge is -2.28. The molecule has 3 aromatic rings. The summed E-state index contributed by atoms with van der Waals surface area (Å²) in [4.78, 5) is 29.3. The van der Waals surface area contributed by atoms with Crippen LogP contribution in [0.4, 0.5) is 0 Å². The molecule has 0 bridgehead atoms. The number of nitrogens with zero attached hydrogens (tertiary/aromatic N) is 1. The molecule has 6 nitrogen and oxygen atoms in total. The zero-order chi connectivity index (χ0) is 18.6. The molecule has 0 fully saturated rings. The van der Waals surface area contributed by atoms with Crippen molar-refractivity contribution in [3.63, 3.8) is 0 Å². The van der Waals surface area contributed by atoms with Gasteiger partial charge in [-0.3, -0.25) is 9.59 Å². The standard InChI is InChI=1S/C19H17NO5S/c1-23-16(21)12-19(17(22)24-2,13-8-4-3-5-9-13)26-18-20-14-10-6-7-11-15(14)25-18/h3-11H,12H2,1-2H3. The fraction of sp³-hybridized carbons (Fsp3) is 0.211. The number of para-hydroxylation sites is 2. The van der Waals surface area contributed by atoms with E-state index in [0.717, 1.165) is 11.8 Å². The first-order valence-corrected chi connectivity index (χ1v) is 8.66. The molecule has 134 valence electrons. The summed E-state index contributed by atoms with van der Waals surface area (Å²) in [5, 5.41) is 0.268. The molecule has 0 N–H and O–H groups in total. The van der Waals surface area contributed by atoms with Gasteiger partial charge in [-0.25, -0.2) is 4.98 Å². The number of hydrogen-bond donors (Lipinski definition) is 0. The van der Waals surface area contributed by atoms with Crippen LogP contribution in [-0.2, 0) is 23.8 Å². The maximum atomic E-state index is 12.8. The van der Waals surface area contributed by atoms with Gasteiger partial charge in [0.1, 0.15) is 5.52 Å². The highest BCUT2D eigenvalue weighted by Crippen LogP contribution is 2.45. The average Bonchev–Trinajstić information content (AvgIpc) is 3.09. The molecule has 2 aromatic carbocycles. The Morgan fingerprint density at radius 2 is 1.73 bits per heavy atom. The maximum absolute atomic E-state index is 12.8. The van der Waals surface area contributed by atoms with Crippen LogP contribution in [0, 0.1) is 0 Å². The summed E-state index contributed by atoms with van der Waals surface area (Å²) in [6, 6.07) is 16.2. The van der Waals surface area contributed by atoms with E-state index in [0.29, 0.717) is 16.7 Å². The molecule has 1 heterocycles. The van der Waals surface area contributed by atoms with E-state index < -0.39 is 16.7 Å². The van der Waals surface area contributed by atoms with Crippen molar-refractivity contribution in [2.75, 3.05) is 14.2 Å². The zero-order valence-corrected chi connectivity index (χ0v) is 15.1. The number of carbonyl (C=O) groups is 2. The van der Waals surface area contributed by atoms with Crippen LogP contribution in [0.2, 0.25) is 0 Å². The molecular weight excluding hydrogens is 354 g/mol. The van der Waals surface area contributed by atoms with Crippen molar-refractivity contribution in [1.29, 1.82) is 0 Å². The van der Waals surface area contributed by atoms with E-state index in [-0.39, 0.29) is 11.6 Å². The lowest BCUT2D eigenvalue weighted by atomic mass is 9.94. The normalized spacial score (nSPS) is 13.2. The van der Waals surface area contributed by atoms with Crippen LogP contribution in [0.25, 0.3) is 11.1 Å². The fourth-order valence-corrected chi connectivity index (χ4v) is 3.80. The number of methoxy groups -OCH3 is 2. The molecule has 0 aliphatic rings. The number of aromatic nitrogens is 1. The lowest BCUT2D eigenvalue weighted by Crippen LogP contribution is -2.36. The Kier molecular flexibility index (Phi) is 5.27. The minimum Gasteiger partial charge on any atom is -0.469 e. The van der Waals surface area contributed by atoms with E-state index in [1.807, 2.05) is 24.3 Å². The Morgan fingerprint density at radius 3 is 2.38 bits per heavy atom. The highest BCUT2D eigenvalue weighted by atomic mass is 32.2. The van der Waals surface area contributed by atoms with Gasteiger partial charge >= 0.3 is 11.9 Å². The number of hydrogen-bond acceptors (Lipinski definition) is 7. The number of ether oxygens (including phenoxy) is 2. The summed E-state index contributed by atoms with van der Waals surface area (Å²) in [7, 11) is 2.56. The second-order valence-electron chi connectivity index (χ2n) is 5.49. The molecule has 0 spiro atoms. The molecule has 0 saturated heterocycles. The zero-order valence-electron chi connectivity index (χ0n) is 14.3. The first-order valence-electron chi connectivity index (χ1n) is 7.84. The van der Waals surface area contributed by atoms with Crippen molar-refractivity contribution in [3.05, 3.63) is 60.2 Å². The third-order valence-electron chi connectivity index (χ3n) is 3.91. The summed E-state index contributed by atoms with van der Waals surface area (Å²) < 4.78 is 14.2. The summed E-state index contributed by atoms with van der Waals surface area (Å²) in [5.41, 5.74) is 1.87. The molecule has 1 unspecified atom stereocenters. The topological polar surface area (TPSA) is 78.6 Å². The highest BCUT2D eigenvalue weighted by molar-refractivity contribution is 8.00. The third-order valence-corrected chi connectivity index (χ3v) is 5.16. The second-order valence-corrected chi connectivity index (χ2v) is 6.74. The summed E-state index contributed by atoms with van der Waals surface area (Å²) >= 11 is 1.04. The van der Waals surface area contributed by atoms with E-state index in [9.17, 15) is 9.59 Å². The third kappa shape index (κ3) is 3.43. The van der Waals surface area contributed by atoms with E-state index >= 15 is 0 Å². The monoisotopic (exact) mass is 371 g/mol. The molecule has 1 aromatic heterocycles. The predicted molar refractivity (Wildman–Crippen MR) is 96.6 cm³/mol. The van der Waals surface area contributed by atoms with E-state index in [4.69, 9.17) is 13.9 Å². The Morgan fingerprint density at radius 1 is 1.04 bits per heavy atom. The average molecular weight is 371 g/mol. The number of oxazole rings is 1. The molecule has 3 rings (SSSR count). The fourth-order valence-electron chi connectivity index (χ4n) is 2.62. The highest BCUT2D eigenvalue weighted by Gasteiger charge is 2.46. The van der Waals surface area contributed by atoms with Gasteiger partial charge in [-0.05, 0) is 29.5 Å². The molecule has 0 aliphatic heterocycles.